The Kier molecular flexibility index (Phi) is 6.27. The van der Waals surface area contributed by atoms with Crippen LogP contribution in [-0.2, 0) is 16.1 Å². The van der Waals surface area contributed by atoms with Crippen molar-refractivity contribution in [2.24, 2.45) is 0 Å². The second-order valence-corrected chi connectivity index (χ2v) is 5.95. The molecule has 1 aromatic heterocycles. The Morgan fingerprint density at radius 1 is 1.50 bits per heavy atom. The molecule has 0 aliphatic carbocycles. The van der Waals surface area contributed by atoms with Gasteiger partial charge in [-0.25, -0.2) is 9.97 Å². The number of rotatable bonds is 7. The van der Waals surface area contributed by atoms with Crippen LogP contribution in [0.25, 0.3) is 0 Å². The Morgan fingerprint density at radius 2 is 2.23 bits per heavy atom. The number of carbonyl (C=O) groups excluding carboxylic acids is 1. The lowest BCUT2D eigenvalue weighted by Crippen LogP contribution is -2.36. The average Bonchev–Trinajstić information content (AvgIpc) is 3.03. The predicted octanol–water partition coefficient (Wildman–Crippen LogP) is 1.32. The van der Waals surface area contributed by atoms with Crippen LogP contribution >= 0.6 is 0 Å². The molecule has 6 heteroatoms. The predicted molar refractivity (Wildman–Crippen MR) is 84.2 cm³/mol. The van der Waals surface area contributed by atoms with Crippen molar-refractivity contribution in [3.05, 3.63) is 24.3 Å². The monoisotopic (exact) mass is 306 g/mol. The van der Waals surface area contributed by atoms with Gasteiger partial charge in [-0.2, -0.15) is 0 Å². The van der Waals surface area contributed by atoms with Gasteiger partial charge in [-0.05, 0) is 32.9 Å². The smallest absolute Gasteiger partial charge is 0.222 e. The van der Waals surface area contributed by atoms with Gasteiger partial charge in [0.2, 0.25) is 5.91 Å². The summed E-state index contributed by atoms with van der Waals surface area (Å²) < 4.78 is 5.20. The minimum absolute atomic E-state index is 0.139. The first kappa shape index (κ1) is 16.8. The zero-order chi connectivity index (χ0) is 15.9. The van der Waals surface area contributed by atoms with E-state index in [0.717, 1.165) is 31.8 Å². The highest BCUT2D eigenvalue weighted by atomic mass is 16.5. The van der Waals surface area contributed by atoms with Crippen molar-refractivity contribution < 1.29 is 9.53 Å². The molecule has 0 unspecified atom stereocenters. The normalized spacial score (nSPS) is 19.6. The number of likely N-dealkylation sites (tertiary alicyclic amines) is 1. The van der Waals surface area contributed by atoms with Crippen LogP contribution in [0.2, 0.25) is 0 Å². The maximum Gasteiger partial charge on any atom is 0.222 e. The summed E-state index contributed by atoms with van der Waals surface area (Å²) in [5.41, 5.74) is 0. The second kappa shape index (κ2) is 8.19. The van der Waals surface area contributed by atoms with Gasteiger partial charge in [0.05, 0.1) is 12.6 Å². The fraction of sp³-hybridized carbons (Fsp3) is 0.688. The van der Waals surface area contributed by atoms with E-state index in [2.05, 4.69) is 21.9 Å². The highest BCUT2D eigenvalue weighted by Crippen LogP contribution is 2.17. The quantitative estimate of drug-likeness (QED) is 0.760. The molecule has 1 aliphatic rings. The molecule has 1 aromatic rings. The Morgan fingerprint density at radius 3 is 2.91 bits per heavy atom. The van der Waals surface area contributed by atoms with Crippen LogP contribution in [-0.4, -0.2) is 65.1 Å². The minimum atomic E-state index is 0.139. The number of amides is 1. The van der Waals surface area contributed by atoms with E-state index in [4.69, 9.17) is 4.74 Å². The summed E-state index contributed by atoms with van der Waals surface area (Å²) in [5, 5.41) is 0. The van der Waals surface area contributed by atoms with Gasteiger partial charge >= 0.3 is 0 Å². The number of hydrogen-bond donors (Lipinski definition) is 0. The first-order valence-corrected chi connectivity index (χ1v) is 7.87. The topological polar surface area (TPSA) is 58.6 Å². The molecule has 2 heterocycles. The van der Waals surface area contributed by atoms with Crippen molar-refractivity contribution in [2.75, 3.05) is 27.2 Å². The van der Waals surface area contributed by atoms with E-state index < -0.39 is 0 Å². The summed E-state index contributed by atoms with van der Waals surface area (Å²) in [7, 11) is 3.75. The van der Waals surface area contributed by atoms with Crippen molar-refractivity contribution in [1.29, 1.82) is 0 Å². The van der Waals surface area contributed by atoms with Gasteiger partial charge in [0.25, 0.3) is 0 Å². The zero-order valence-corrected chi connectivity index (χ0v) is 13.7. The fourth-order valence-electron chi connectivity index (χ4n) is 2.69. The largest absolute Gasteiger partial charge is 0.382 e. The average molecular weight is 306 g/mol. The second-order valence-electron chi connectivity index (χ2n) is 5.95. The lowest BCUT2D eigenvalue weighted by molar-refractivity contribution is -0.131. The van der Waals surface area contributed by atoms with Crippen LogP contribution in [0, 0.1) is 0 Å². The van der Waals surface area contributed by atoms with Gasteiger partial charge < -0.3 is 9.64 Å². The Bertz CT molecular complexity index is 468. The van der Waals surface area contributed by atoms with Crippen LogP contribution in [0.3, 0.4) is 0 Å². The molecule has 0 bridgehead atoms. The lowest BCUT2D eigenvalue weighted by atomic mass is 10.2. The number of aromatic nitrogens is 2. The van der Waals surface area contributed by atoms with Crippen LogP contribution in [0.4, 0.5) is 0 Å². The van der Waals surface area contributed by atoms with Gasteiger partial charge in [-0.15, -0.1) is 0 Å². The molecule has 0 spiro atoms. The molecule has 22 heavy (non-hydrogen) atoms. The summed E-state index contributed by atoms with van der Waals surface area (Å²) in [6, 6.07) is 2.20. The van der Waals surface area contributed by atoms with E-state index in [1.165, 1.54) is 0 Å². The molecule has 2 atom stereocenters. The summed E-state index contributed by atoms with van der Waals surface area (Å²) in [5.74, 6) is 1.06. The summed E-state index contributed by atoms with van der Waals surface area (Å²) in [6.45, 7) is 4.34. The van der Waals surface area contributed by atoms with Crippen molar-refractivity contribution >= 4 is 5.91 Å². The van der Waals surface area contributed by atoms with Crippen LogP contribution in [0.5, 0.6) is 0 Å². The van der Waals surface area contributed by atoms with E-state index in [1.54, 1.807) is 19.5 Å². The summed E-state index contributed by atoms with van der Waals surface area (Å²) in [6.07, 6.45) is 6.02. The van der Waals surface area contributed by atoms with E-state index in [1.807, 2.05) is 17.9 Å². The molecule has 1 aliphatic heterocycles. The standard InChI is InChI=1S/C16H26N4O2/c1-13(22-3)5-6-16(21)20-10-7-14(11-20)19(2)12-15-17-8-4-9-18-15/h4,8-9,13-14H,5-7,10-12H2,1-3H3/t13-,14-/m0/s1. The number of ether oxygens (including phenoxy) is 1. The van der Waals surface area contributed by atoms with Crippen molar-refractivity contribution in [3.8, 4) is 0 Å². The molecule has 0 aromatic carbocycles. The number of hydrogen-bond acceptors (Lipinski definition) is 5. The fourth-order valence-corrected chi connectivity index (χ4v) is 2.69. The molecule has 1 saturated heterocycles. The summed E-state index contributed by atoms with van der Waals surface area (Å²) >= 11 is 0. The van der Waals surface area contributed by atoms with E-state index in [-0.39, 0.29) is 12.0 Å². The third-order valence-corrected chi connectivity index (χ3v) is 4.32. The number of likely N-dealkylation sites (N-methyl/N-ethyl adjacent to an activating group) is 1. The molecule has 1 amide bonds. The van der Waals surface area contributed by atoms with Crippen molar-refractivity contribution in [1.82, 2.24) is 19.8 Å². The number of methoxy groups -OCH3 is 1. The third kappa shape index (κ3) is 4.74. The Balaban J connectivity index is 1.78. The first-order chi connectivity index (χ1) is 10.6. The van der Waals surface area contributed by atoms with Crippen molar-refractivity contribution in [2.45, 2.75) is 44.9 Å². The zero-order valence-electron chi connectivity index (χ0n) is 13.7. The van der Waals surface area contributed by atoms with Crippen LogP contribution < -0.4 is 0 Å². The molecule has 1 fully saturated rings. The van der Waals surface area contributed by atoms with Crippen molar-refractivity contribution in [3.63, 3.8) is 0 Å². The molecule has 0 radical (unpaired) electrons. The molecular formula is C16H26N4O2. The third-order valence-electron chi connectivity index (χ3n) is 4.32. The molecule has 0 saturated carbocycles. The maximum atomic E-state index is 12.2. The van der Waals surface area contributed by atoms with Crippen LogP contribution in [0.15, 0.2) is 18.5 Å². The Labute approximate surface area is 132 Å². The summed E-state index contributed by atoms with van der Waals surface area (Å²) in [4.78, 5) is 24.9. The highest BCUT2D eigenvalue weighted by Gasteiger charge is 2.28. The number of carbonyl (C=O) groups is 1. The minimum Gasteiger partial charge on any atom is -0.382 e. The molecule has 122 valence electrons. The first-order valence-electron chi connectivity index (χ1n) is 7.87. The van der Waals surface area contributed by atoms with E-state index >= 15 is 0 Å². The molecule has 2 rings (SSSR count). The SMILES string of the molecule is CO[C@@H](C)CCC(=O)N1CC[C@H](N(C)Cc2ncccn2)C1. The highest BCUT2D eigenvalue weighted by molar-refractivity contribution is 5.76. The molecular weight excluding hydrogens is 280 g/mol. The lowest BCUT2D eigenvalue weighted by Gasteiger charge is -2.24. The molecule has 0 N–H and O–H groups in total. The van der Waals surface area contributed by atoms with Crippen LogP contribution in [0.1, 0.15) is 32.0 Å². The maximum absolute atomic E-state index is 12.2. The number of nitrogens with zero attached hydrogens (tertiary/aromatic N) is 4. The van der Waals surface area contributed by atoms with Gasteiger partial charge in [0, 0.05) is 45.1 Å². The van der Waals surface area contributed by atoms with E-state index in [0.29, 0.717) is 19.0 Å². The van der Waals surface area contributed by atoms with Gasteiger partial charge in [-0.3, -0.25) is 9.69 Å². The van der Waals surface area contributed by atoms with Gasteiger partial charge in [-0.1, -0.05) is 0 Å². The van der Waals surface area contributed by atoms with E-state index in [9.17, 15) is 4.79 Å². The van der Waals surface area contributed by atoms with Gasteiger partial charge in [0.15, 0.2) is 0 Å². The van der Waals surface area contributed by atoms with Gasteiger partial charge in [0.1, 0.15) is 5.82 Å². The molecule has 6 nitrogen and oxygen atoms in total. The Hall–Kier alpha value is -1.53.